The molecule has 3 aromatic rings. The highest BCUT2D eigenvalue weighted by Crippen LogP contribution is 2.43. The average Bonchev–Trinajstić information content (AvgIpc) is 3.08. The quantitative estimate of drug-likeness (QED) is 0.684. The van der Waals surface area contributed by atoms with Gasteiger partial charge >= 0.3 is 0 Å². The summed E-state index contributed by atoms with van der Waals surface area (Å²) < 4.78 is 22.2. The first-order valence-corrected chi connectivity index (χ1v) is 9.68. The van der Waals surface area contributed by atoms with E-state index in [1.54, 1.807) is 41.0 Å². The number of aryl methyl sites for hydroxylation is 1. The van der Waals surface area contributed by atoms with Crippen LogP contribution in [0.4, 0.5) is 4.39 Å². The van der Waals surface area contributed by atoms with Gasteiger partial charge in [0.1, 0.15) is 28.7 Å². The molecular formula is C21H21FN4O3. The maximum Gasteiger partial charge on any atom is 0.253 e. The fourth-order valence-electron chi connectivity index (χ4n) is 4.39. The molecule has 150 valence electrons. The van der Waals surface area contributed by atoms with Gasteiger partial charge in [-0.05, 0) is 18.2 Å². The van der Waals surface area contributed by atoms with Crippen molar-refractivity contribution in [1.29, 1.82) is 0 Å². The van der Waals surface area contributed by atoms with Gasteiger partial charge in [-0.1, -0.05) is 6.07 Å². The van der Waals surface area contributed by atoms with Crippen LogP contribution in [0.25, 0.3) is 10.9 Å². The van der Waals surface area contributed by atoms with Crippen molar-refractivity contribution in [2.75, 3.05) is 13.1 Å². The Hall–Kier alpha value is -3.00. The number of rotatable bonds is 1. The monoisotopic (exact) mass is 396 g/mol. The lowest BCUT2D eigenvalue weighted by Gasteiger charge is -2.44. The SMILES string of the molecule is Cn1cc2c(n1)C(O)CC1(CCN(C(=O)c3cc(F)c4ncccc4c3)CC1)O2. The molecule has 1 unspecified atom stereocenters. The van der Waals surface area contributed by atoms with E-state index in [1.807, 2.05) is 0 Å². The number of piperidine rings is 1. The number of aliphatic hydroxyl groups is 1. The first-order valence-electron chi connectivity index (χ1n) is 9.68. The molecule has 1 saturated heterocycles. The molecule has 1 fully saturated rings. The topological polar surface area (TPSA) is 80.5 Å². The Labute approximate surface area is 166 Å². The van der Waals surface area contributed by atoms with Crippen LogP contribution < -0.4 is 4.74 Å². The third kappa shape index (κ3) is 3.04. The van der Waals surface area contributed by atoms with Crippen LogP contribution in [-0.4, -0.2) is 49.4 Å². The molecule has 1 spiro atoms. The van der Waals surface area contributed by atoms with Crippen LogP contribution in [0.15, 0.2) is 36.7 Å². The van der Waals surface area contributed by atoms with E-state index in [0.29, 0.717) is 54.7 Å². The van der Waals surface area contributed by atoms with Crippen LogP contribution in [-0.2, 0) is 7.05 Å². The molecule has 2 aromatic heterocycles. The van der Waals surface area contributed by atoms with Crippen molar-refractivity contribution in [3.05, 3.63) is 53.7 Å². The number of carbonyl (C=O) groups is 1. The molecule has 0 saturated carbocycles. The minimum Gasteiger partial charge on any atom is -0.483 e. The molecule has 8 heteroatoms. The smallest absolute Gasteiger partial charge is 0.253 e. The van der Waals surface area contributed by atoms with E-state index in [2.05, 4.69) is 10.1 Å². The van der Waals surface area contributed by atoms with E-state index in [9.17, 15) is 14.3 Å². The van der Waals surface area contributed by atoms with Crippen molar-refractivity contribution in [1.82, 2.24) is 19.7 Å². The number of likely N-dealkylation sites (tertiary alicyclic amines) is 1. The summed E-state index contributed by atoms with van der Waals surface area (Å²) in [5, 5.41) is 15.4. The first-order chi connectivity index (χ1) is 13.9. The van der Waals surface area contributed by atoms with Gasteiger partial charge in [-0.3, -0.25) is 14.5 Å². The standard InChI is InChI=1S/C21H21FN4O3/c1-25-12-17-19(24-25)16(27)11-21(29-17)4-7-26(8-5-21)20(28)14-9-13-3-2-6-23-18(13)15(22)10-14/h2-3,6,9-10,12,16,27H,4-5,7-8,11H2,1H3. The van der Waals surface area contributed by atoms with Gasteiger partial charge in [0.05, 0.1) is 6.20 Å². The lowest BCUT2D eigenvalue weighted by molar-refractivity contribution is -0.0504. The van der Waals surface area contributed by atoms with E-state index in [4.69, 9.17) is 4.74 Å². The van der Waals surface area contributed by atoms with E-state index in [-0.39, 0.29) is 11.4 Å². The van der Waals surface area contributed by atoms with Gasteiger partial charge in [0, 0.05) is 56.5 Å². The zero-order valence-corrected chi connectivity index (χ0v) is 16.0. The maximum atomic E-state index is 14.4. The molecule has 0 bridgehead atoms. The zero-order valence-electron chi connectivity index (χ0n) is 16.0. The molecule has 1 atom stereocenters. The Balaban J connectivity index is 1.34. The van der Waals surface area contributed by atoms with Gasteiger partial charge in [-0.25, -0.2) is 4.39 Å². The number of pyridine rings is 1. The molecule has 1 aromatic carbocycles. The van der Waals surface area contributed by atoms with Crippen LogP contribution in [0.1, 0.15) is 41.4 Å². The average molecular weight is 396 g/mol. The number of benzene rings is 1. The molecule has 0 radical (unpaired) electrons. The highest BCUT2D eigenvalue weighted by Gasteiger charge is 2.45. The van der Waals surface area contributed by atoms with Crippen LogP contribution in [0, 0.1) is 5.82 Å². The van der Waals surface area contributed by atoms with Crippen LogP contribution >= 0.6 is 0 Å². The van der Waals surface area contributed by atoms with Gasteiger partial charge in [0.15, 0.2) is 5.75 Å². The Morgan fingerprint density at radius 3 is 2.93 bits per heavy atom. The normalized spacial score (nSPS) is 20.5. The Kier molecular flexibility index (Phi) is 4.06. The number of halogens is 1. The Bertz CT molecular complexity index is 1100. The van der Waals surface area contributed by atoms with Crippen molar-refractivity contribution in [2.45, 2.75) is 31.0 Å². The molecule has 29 heavy (non-hydrogen) atoms. The second-order valence-electron chi connectivity index (χ2n) is 7.88. The number of aliphatic hydroxyl groups excluding tert-OH is 1. The van der Waals surface area contributed by atoms with Crippen molar-refractivity contribution >= 4 is 16.8 Å². The van der Waals surface area contributed by atoms with Crippen molar-refractivity contribution in [2.24, 2.45) is 7.05 Å². The predicted octanol–water partition coefficient (Wildman–Crippen LogP) is 2.60. The summed E-state index contributed by atoms with van der Waals surface area (Å²) in [6, 6.07) is 6.40. The van der Waals surface area contributed by atoms with Gasteiger partial charge in [-0.15, -0.1) is 0 Å². The van der Waals surface area contributed by atoms with Gasteiger partial charge in [0.25, 0.3) is 5.91 Å². The van der Waals surface area contributed by atoms with Crippen LogP contribution in [0.3, 0.4) is 0 Å². The van der Waals surface area contributed by atoms with Gasteiger partial charge in [-0.2, -0.15) is 5.10 Å². The third-order valence-corrected chi connectivity index (χ3v) is 5.90. The maximum absolute atomic E-state index is 14.4. The highest BCUT2D eigenvalue weighted by atomic mass is 19.1. The second-order valence-corrected chi connectivity index (χ2v) is 7.88. The zero-order chi connectivity index (χ0) is 20.2. The third-order valence-electron chi connectivity index (χ3n) is 5.90. The first kappa shape index (κ1) is 18.1. The molecule has 2 aliphatic heterocycles. The highest BCUT2D eigenvalue weighted by molar-refractivity contribution is 5.98. The van der Waals surface area contributed by atoms with Crippen molar-refractivity contribution in [3.63, 3.8) is 0 Å². The molecule has 2 aliphatic rings. The van der Waals surface area contributed by atoms with E-state index in [1.165, 1.54) is 12.3 Å². The van der Waals surface area contributed by atoms with E-state index < -0.39 is 17.5 Å². The number of fused-ring (bicyclic) bond motifs is 2. The molecule has 5 rings (SSSR count). The van der Waals surface area contributed by atoms with Gasteiger partial charge in [0.2, 0.25) is 0 Å². The minimum atomic E-state index is -0.677. The number of carbonyl (C=O) groups excluding carboxylic acids is 1. The molecule has 0 aliphatic carbocycles. The van der Waals surface area contributed by atoms with Gasteiger partial charge < -0.3 is 14.7 Å². The summed E-state index contributed by atoms with van der Waals surface area (Å²) in [6.45, 7) is 0.960. The van der Waals surface area contributed by atoms with Crippen molar-refractivity contribution in [3.8, 4) is 5.75 Å². The van der Waals surface area contributed by atoms with Crippen LogP contribution in [0.5, 0.6) is 5.75 Å². The Morgan fingerprint density at radius 2 is 2.14 bits per heavy atom. The number of aromatic nitrogens is 3. The molecule has 1 N–H and O–H groups in total. The number of amides is 1. The summed E-state index contributed by atoms with van der Waals surface area (Å²) in [5.74, 6) is -0.0965. The lowest BCUT2D eigenvalue weighted by atomic mass is 9.83. The summed E-state index contributed by atoms with van der Waals surface area (Å²) in [5.41, 5.74) is 0.638. The van der Waals surface area contributed by atoms with E-state index >= 15 is 0 Å². The number of hydrogen-bond donors (Lipinski definition) is 1. The second kappa shape index (κ2) is 6.52. The van der Waals surface area contributed by atoms with E-state index in [0.717, 1.165) is 0 Å². The summed E-state index contributed by atoms with van der Waals surface area (Å²) in [7, 11) is 1.79. The van der Waals surface area contributed by atoms with Crippen LogP contribution in [0.2, 0.25) is 0 Å². The summed E-state index contributed by atoms with van der Waals surface area (Å²) >= 11 is 0. The number of hydrogen-bond acceptors (Lipinski definition) is 5. The molecule has 1 amide bonds. The predicted molar refractivity (Wildman–Crippen MR) is 103 cm³/mol. The molecular weight excluding hydrogens is 375 g/mol. The minimum absolute atomic E-state index is 0.206. The number of nitrogens with zero attached hydrogens (tertiary/aromatic N) is 4. The molecule has 7 nitrogen and oxygen atoms in total. The Morgan fingerprint density at radius 1 is 1.34 bits per heavy atom. The molecule has 4 heterocycles. The largest absolute Gasteiger partial charge is 0.483 e. The number of ether oxygens (including phenoxy) is 1. The van der Waals surface area contributed by atoms with Crippen molar-refractivity contribution < 1.29 is 19.0 Å². The lowest BCUT2D eigenvalue weighted by Crippen LogP contribution is -2.51. The fraction of sp³-hybridized carbons (Fsp3) is 0.381. The summed E-state index contributed by atoms with van der Waals surface area (Å²) in [6.07, 6.45) is 4.27. The summed E-state index contributed by atoms with van der Waals surface area (Å²) in [4.78, 5) is 18.7. The fourth-order valence-corrected chi connectivity index (χ4v) is 4.39.